The van der Waals surface area contributed by atoms with Crippen LogP contribution in [-0.4, -0.2) is 42.9 Å². The smallest absolute Gasteiger partial charge is 0.0995 e. The Morgan fingerprint density at radius 1 is 1.55 bits per heavy atom. The van der Waals surface area contributed by atoms with E-state index in [4.69, 9.17) is 9.47 Å². The van der Waals surface area contributed by atoms with Gasteiger partial charge in [-0.25, -0.2) is 0 Å². The van der Waals surface area contributed by atoms with Crippen LogP contribution in [0.5, 0.6) is 0 Å². The largest absolute Gasteiger partial charge is 0.374 e. The van der Waals surface area contributed by atoms with E-state index in [2.05, 4.69) is 29.8 Å². The molecule has 0 N–H and O–H groups in total. The van der Waals surface area contributed by atoms with Crippen LogP contribution in [0, 0.1) is 6.92 Å². The third-order valence-corrected chi connectivity index (χ3v) is 5.40. The summed E-state index contributed by atoms with van der Waals surface area (Å²) in [6.45, 7) is 9.42. The summed E-state index contributed by atoms with van der Waals surface area (Å²) < 4.78 is 12.0. The molecule has 4 heteroatoms. The van der Waals surface area contributed by atoms with Crippen molar-refractivity contribution in [3.8, 4) is 0 Å². The van der Waals surface area contributed by atoms with Crippen LogP contribution < -0.4 is 0 Å². The summed E-state index contributed by atoms with van der Waals surface area (Å²) in [6, 6.07) is 2.70. The average molecular weight is 293 g/mol. The molecule has 20 heavy (non-hydrogen) atoms. The first-order valence-electron chi connectivity index (χ1n) is 7.40. The lowest BCUT2D eigenvalue weighted by molar-refractivity contribution is -0.0447. The number of hydrogen-bond acceptors (Lipinski definition) is 4. The summed E-state index contributed by atoms with van der Waals surface area (Å²) in [5.74, 6) is 0. The molecule has 2 bridgehead atoms. The fraction of sp³-hybridized carbons (Fsp3) is 0.625. The van der Waals surface area contributed by atoms with Crippen LogP contribution in [0.3, 0.4) is 0 Å². The predicted molar refractivity (Wildman–Crippen MR) is 82.2 cm³/mol. The van der Waals surface area contributed by atoms with Crippen LogP contribution in [0.1, 0.15) is 23.3 Å². The van der Waals surface area contributed by atoms with Crippen molar-refractivity contribution in [2.45, 2.75) is 44.6 Å². The van der Waals surface area contributed by atoms with Gasteiger partial charge in [-0.3, -0.25) is 4.90 Å². The van der Waals surface area contributed by atoms with E-state index in [9.17, 15) is 0 Å². The topological polar surface area (TPSA) is 21.7 Å². The van der Waals surface area contributed by atoms with Crippen molar-refractivity contribution in [2.24, 2.45) is 0 Å². The van der Waals surface area contributed by atoms with E-state index in [1.165, 1.54) is 16.9 Å². The van der Waals surface area contributed by atoms with Gasteiger partial charge in [0.1, 0.15) is 0 Å². The molecule has 0 spiro atoms. The number of ether oxygens (including phenoxy) is 2. The lowest BCUT2D eigenvalue weighted by Gasteiger charge is -2.30. The first-order valence-corrected chi connectivity index (χ1v) is 8.28. The molecule has 1 aliphatic heterocycles. The quantitative estimate of drug-likeness (QED) is 0.779. The van der Waals surface area contributed by atoms with Gasteiger partial charge >= 0.3 is 0 Å². The van der Waals surface area contributed by atoms with E-state index >= 15 is 0 Å². The fourth-order valence-electron chi connectivity index (χ4n) is 3.31. The summed E-state index contributed by atoms with van der Waals surface area (Å²) in [4.78, 5) is 4.03. The van der Waals surface area contributed by atoms with Gasteiger partial charge in [0.05, 0.1) is 25.4 Å². The zero-order valence-corrected chi connectivity index (χ0v) is 12.9. The monoisotopic (exact) mass is 293 g/mol. The predicted octanol–water partition coefficient (Wildman–Crippen LogP) is 2.99. The van der Waals surface area contributed by atoms with Crippen molar-refractivity contribution in [3.05, 3.63) is 34.5 Å². The third-order valence-electron chi connectivity index (χ3n) is 4.39. The van der Waals surface area contributed by atoms with Crippen LogP contribution in [0.25, 0.3) is 0 Å². The second-order valence-corrected chi connectivity index (χ2v) is 6.64. The number of rotatable bonds is 5. The Bertz CT molecular complexity index is 459. The molecule has 1 aromatic heterocycles. The molecule has 2 fully saturated rings. The number of hydrogen-bond donors (Lipinski definition) is 0. The molecule has 1 aromatic rings. The molecule has 0 radical (unpaired) electrons. The Labute approximate surface area is 125 Å². The minimum absolute atomic E-state index is 0.204. The van der Waals surface area contributed by atoms with E-state index in [-0.39, 0.29) is 12.2 Å². The van der Waals surface area contributed by atoms with Gasteiger partial charge < -0.3 is 9.47 Å². The van der Waals surface area contributed by atoms with Crippen LogP contribution in [0.4, 0.5) is 0 Å². The highest BCUT2D eigenvalue weighted by atomic mass is 32.1. The highest BCUT2D eigenvalue weighted by molar-refractivity contribution is 7.10. The molecule has 0 aromatic carbocycles. The summed E-state index contributed by atoms with van der Waals surface area (Å²) in [6.07, 6.45) is 4.60. The Morgan fingerprint density at radius 3 is 3.20 bits per heavy atom. The lowest BCUT2D eigenvalue weighted by Crippen LogP contribution is -2.42. The first-order chi connectivity index (χ1) is 9.79. The molecule has 0 amide bonds. The van der Waals surface area contributed by atoms with E-state index in [1.807, 2.05) is 17.4 Å². The SMILES string of the molecule is C=CCOC1C2CCC1N(Cc1sccc1C)CCO2. The highest BCUT2D eigenvalue weighted by Crippen LogP contribution is 2.33. The molecule has 110 valence electrons. The van der Waals surface area contributed by atoms with Gasteiger partial charge in [-0.05, 0) is 36.8 Å². The molecule has 1 aliphatic carbocycles. The number of nitrogens with zero attached hydrogens (tertiary/aromatic N) is 1. The number of fused-ring (bicyclic) bond motifs is 2. The minimum atomic E-state index is 0.204. The van der Waals surface area contributed by atoms with Gasteiger partial charge in [0.2, 0.25) is 0 Å². The van der Waals surface area contributed by atoms with E-state index in [1.54, 1.807) is 0 Å². The van der Waals surface area contributed by atoms with Crippen molar-refractivity contribution in [1.29, 1.82) is 0 Å². The Balaban J connectivity index is 1.73. The molecule has 3 unspecified atom stereocenters. The van der Waals surface area contributed by atoms with Crippen molar-refractivity contribution >= 4 is 11.3 Å². The molecular formula is C16H23NO2S. The van der Waals surface area contributed by atoms with Gasteiger partial charge in [0, 0.05) is 24.0 Å². The molecule has 2 aliphatic rings. The van der Waals surface area contributed by atoms with Crippen LogP contribution in [-0.2, 0) is 16.0 Å². The molecule has 1 saturated carbocycles. The summed E-state index contributed by atoms with van der Waals surface area (Å²) in [5.41, 5.74) is 1.40. The lowest BCUT2D eigenvalue weighted by atomic mass is 10.1. The average Bonchev–Trinajstić information content (AvgIpc) is 2.96. The fourth-order valence-corrected chi connectivity index (χ4v) is 4.24. The van der Waals surface area contributed by atoms with E-state index < -0.39 is 0 Å². The summed E-state index contributed by atoms with van der Waals surface area (Å²) in [7, 11) is 0. The molecule has 1 saturated heterocycles. The van der Waals surface area contributed by atoms with Crippen LogP contribution >= 0.6 is 11.3 Å². The molecule has 3 rings (SSSR count). The van der Waals surface area contributed by atoms with E-state index in [0.717, 1.165) is 26.1 Å². The zero-order valence-electron chi connectivity index (χ0n) is 12.1. The molecule has 3 nitrogen and oxygen atoms in total. The van der Waals surface area contributed by atoms with Gasteiger partial charge in [0.25, 0.3) is 0 Å². The summed E-state index contributed by atoms with van der Waals surface area (Å²) >= 11 is 1.86. The van der Waals surface area contributed by atoms with Gasteiger partial charge in [-0.15, -0.1) is 17.9 Å². The highest BCUT2D eigenvalue weighted by Gasteiger charge is 2.42. The Hall–Kier alpha value is -0.680. The Morgan fingerprint density at radius 2 is 2.45 bits per heavy atom. The molecular weight excluding hydrogens is 270 g/mol. The van der Waals surface area contributed by atoms with Crippen LogP contribution in [0.2, 0.25) is 0 Å². The molecule has 3 atom stereocenters. The third kappa shape index (κ3) is 2.84. The van der Waals surface area contributed by atoms with Crippen molar-refractivity contribution < 1.29 is 9.47 Å². The maximum absolute atomic E-state index is 6.00. The van der Waals surface area contributed by atoms with Gasteiger partial charge in [-0.2, -0.15) is 0 Å². The van der Waals surface area contributed by atoms with E-state index in [0.29, 0.717) is 12.6 Å². The molecule has 2 heterocycles. The van der Waals surface area contributed by atoms with Gasteiger partial charge in [0.15, 0.2) is 0 Å². The van der Waals surface area contributed by atoms with Crippen molar-refractivity contribution in [1.82, 2.24) is 4.90 Å². The van der Waals surface area contributed by atoms with Crippen LogP contribution in [0.15, 0.2) is 24.1 Å². The Kier molecular flexibility index (Phi) is 4.56. The normalized spacial score (nSPS) is 30.4. The maximum atomic E-state index is 6.00. The number of aryl methyl sites for hydroxylation is 1. The summed E-state index contributed by atoms with van der Waals surface area (Å²) in [5, 5.41) is 2.18. The standard InChI is InChI=1S/C16H23NO2S/c1-3-8-19-16-13-4-5-14(16)18-9-7-17(13)11-15-12(2)6-10-20-15/h3,6,10,13-14,16H,1,4-5,7-9,11H2,2H3. The van der Waals surface area contributed by atoms with Crippen molar-refractivity contribution in [3.63, 3.8) is 0 Å². The van der Waals surface area contributed by atoms with Crippen molar-refractivity contribution in [2.75, 3.05) is 19.8 Å². The minimum Gasteiger partial charge on any atom is -0.374 e. The number of thiophene rings is 1. The second kappa shape index (κ2) is 6.39. The van der Waals surface area contributed by atoms with Gasteiger partial charge in [-0.1, -0.05) is 6.08 Å². The first kappa shape index (κ1) is 14.3. The zero-order chi connectivity index (χ0) is 13.9. The maximum Gasteiger partial charge on any atom is 0.0995 e. The second-order valence-electron chi connectivity index (χ2n) is 5.64.